The number of hydrogen-bond donors (Lipinski definition) is 1. The van der Waals surface area contributed by atoms with E-state index in [0.717, 1.165) is 17.3 Å². The van der Waals surface area contributed by atoms with Gasteiger partial charge in [-0.05, 0) is 30.7 Å². The van der Waals surface area contributed by atoms with Crippen molar-refractivity contribution in [1.82, 2.24) is 9.62 Å². The number of nitrogens with zero attached hydrogens (tertiary/aromatic N) is 1. The van der Waals surface area contributed by atoms with Crippen molar-refractivity contribution in [2.75, 3.05) is 20.1 Å². The smallest absolute Gasteiger partial charge is 0.246 e. The Morgan fingerprint density at radius 3 is 2.70 bits per heavy atom. The molecule has 0 fully saturated rings. The monoisotopic (exact) mass is 298 g/mol. The van der Waals surface area contributed by atoms with E-state index in [4.69, 9.17) is 6.42 Å². The number of rotatable bonds is 7. The van der Waals surface area contributed by atoms with E-state index >= 15 is 0 Å². The van der Waals surface area contributed by atoms with Crippen LogP contribution in [0.25, 0.3) is 0 Å². The molecule has 0 amide bonds. The van der Waals surface area contributed by atoms with Crippen LogP contribution in [0.3, 0.4) is 0 Å². The zero-order valence-electron chi connectivity index (χ0n) is 11.7. The van der Waals surface area contributed by atoms with Gasteiger partial charge in [0.05, 0.1) is 6.54 Å². The van der Waals surface area contributed by atoms with Gasteiger partial charge in [0.1, 0.15) is 10.7 Å². The fourth-order valence-corrected chi connectivity index (χ4v) is 2.78. The number of halogens is 1. The standard InChI is InChI=1S/C14H19FN2O2S/c1-4-8-16-11-12-6-7-14(13(15)10-12)20(18,19)17(3)9-5-2/h2,6-7,10,16H,4,8-9,11H2,1,3H3. The van der Waals surface area contributed by atoms with Crippen molar-refractivity contribution < 1.29 is 12.8 Å². The molecule has 0 bridgehead atoms. The molecule has 0 aliphatic heterocycles. The van der Waals surface area contributed by atoms with E-state index in [1.807, 2.05) is 6.92 Å². The molecule has 0 aromatic heterocycles. The molecule has 0 atom stereocenters. The molecule has 0 radical (unpaired) electrons. The van der Waals surface area contributed by atoms with E-state index in [-0.39, 0.29) is 11.4 Å². The SMILES string of the molecule is C#CCN(C)S(=O)(=O)c1ccc(CNCCC)cc1F. The van der Waals surface area contributed by atoms with Crippen LogP contribution in [0.2, 0.25) is 0 Å². The summed E-state index contributed by atoms with van der Waals surface area (Å²) in [5.41, 5.74) is 0.703. The summed E-state index contributed by atoms with van der Waals surface area (Å²) in [4.78, 5) is -0.352. The summed E-state index contributed by atoms with van der Waals surface area (Å²) in [7, 11) is -2.55. The van der Waals surface area contributed by atoms with Gasteiger partial charge in [0.15, 0.2) is 0 Å². The minimum absolute atomic E-state index is 0.0957. The summed E-state index contributed by atoms with van der Waals surface area (Å²) < 4.78 is 39.1. The van der Waals surface area contributed by atoms with Crippen LogP contribution in [0.1, 0.15) is 18.9 Å². The summed E-state index contributed by atoms with van der Waals surface area (Å²) in [6, 6.07) is 4.11. The first-order valence-corrected chi connectivity index (χ1v) is 7.76. The Labute approximate surface area is 120 Å². The van der Waals surface area contributed by atoms with Gasteiger partial charge in [0, 0.05) is 13.6 Å². The fourth-order valence-electron chi connectivity index (χ4n) is 1.65. The Kier molecular flexibility index (Phi) is 6.14. The van der Waals surface area contributed by atoms with E-state index in [9.17, 15) is 12.8 Å². The van der Waals surface area contributed by atoms with Crippen molar-refractivity contribution in [1.29, 1.82) is 0 Å². The number of terminal acetylenes is 1. The summed E-state index contributed by atoms with van der Waals surface area (Å²) in [5.74, 6) is 1.46. The zero-order valence-corrected chi connectivity index (χ0v) is 12.5. The fraction of sp³-hybridized carbons (Fsp3) is 0.429. The van der Waals surface area contributed by atoms with Crippen LogP contribution in [-0.4, -0.2) is 32.9 Å². The molecule has 0 spiro atoms. The minimum atomic E-state index is -3.88. The van der Waals surface area contributed by atoms with E-state index in [1.54, 1.807) is 6.07 Å². The topological polar surface area (TPSA) is 49.4 Å². The van der Waals surface area contributed by atoms with E-state index in [0.29, 0.717) is 12.1 Å². The quantitative estimate of drug-likeness (QED) is 0.614. The van der Waals surface area contributed by atoms with Gasteiger partial charge in [-0.1, -0.05) is 18.9 Å². The molecule has 20 heavy (non-hydrogen) atoms. The normalized spacial score (nSPS) is 11.6. The first kappa shape index (κ1) is 16.6. The van der Waals surface area contributed by atoms with Crippen molar-refractivity contribution in [3.8, 4) is 12.3 Å². The Morgan fingerprint density at radius 2 is 2.15 bits per heavy atom. The molecule has 0 saturated carbocycles. The maximum Gasteiger partial charge on any atom is 0.246 e. The summed E-state index contributed by atoms with van der Waals surface area (Å²) in [6.07, 6.45) is 6.05. The van der Waals surface area contributed by atoms with Crippen molar-refractivity contribution in [2.45, 2.75) is 24.8 Å². The van der Waals surface area contributed by atoms with E-state index < -0.39 is 15.8 Å². The number of nitrogens with one attached hydrogen (secondary N) is 1. The number of sulfonamides is 1. The Balaban J connectivity index is 2.96. The highest BCUT2D eigenvalue weighted by Crippen LogP contribution is 2.19. The molecular weight excluding hydrogens is 279 g/mol. The van der Waals surface area contributed by atoms with Crippen LogP contribution in [0.15, 0.2) is 23.1 Å². The lowest BCUT2D eigenvalue weighted by Gasteiger charge is -2.15. The second-order valence-electron chi connectivity index (χ2n) is 4.41. The first-order valence-electron chi connectivity index (χ1n) is 6.32. The third-order valence-electron chi connectivity index (χ3n) is 2.75. The van der Waals surface area contributed by atoms with Crippen LogP contribution in [0.5, 0.6) is 0 Å². The van der Waals surface area contributed by atoms with Crippen LogP contribution in [0, 0.1) is 18.2 Å². The lowest BCUT2D eigenvalue weighted by Crippen LogP contribution is -2.28. The van der Waals surface area contributed by atoms with Gasteiger partial charge >= 0.3 is 0 Å². The van der Waals surface area contributed by atoms with E-state index in [2.05, 4.69) is 11.2 Å². The highest BCUT2D eigenvalue weighted by Gasteiger charge is 2.23. The molecule has 0 aliphatic rings. The van der Waals surface area contributed by atoms with Gasteiger partial charge in [-0.2, -0.15) is 4.31 Å². The van der Waals surface area contributed by atoms with Gasteiger partial charge in [-0.3, -0.25) is 0 Å². The Bertz CT molecular complexity index is 594. The highest BCUT2D eigenvalue weighted by atomic mass is 32.2. The Hall–Kier alpha value is -1.42. The van der Waals surface area contributed by atoms with Gasteiger partial charge in [0.25, 0.3) is 0 Å². The lowest BCUT2D eigenvalue weighted by molar-refractivity contribution is 0.492. The van der Waals surface area contributed by atoms with Crippen molar-refractivity contribution in [3.63, 3.8) is 0 Å². The largest absolute Gasteiger partial charge is 0.313 e. The molecule has 1 N–H and O–H groups in total. The second kappa shape index (κ2) is 7.39. The average Bonchev–Trinajstić information content (AvgIpc) is 2.39. The molecule has 6 heteroatoms. The van der Waals surface area contributed by atoms with Crippen LogP contribution >= 0.6 is 0 Å². The number of benzene rings is 1. The van der Waals surface area contributed by atoms with Crippen LogP contribution in [0.4, 0.5) is 4.39 Å². The van der Waals surface area contributed by atoms with Crippen molar-refractivity contribution in [3.05, 3.63) is 29.6 Å². The summed E-state index contributed by atoms with van der Waals surface area (Å²) in [5, 5.41) is 3.13. The van der Waals surface area contributed by atoms with Gasteiger partial charge in [0.2, 0.25) is 10.0 Å². The molecule has 0 saturated heterocycles. The predicted molar refractivity (Wildman–Crippen MR) is 77.0 cm³/mol. The van der Waals surface area contributed by atoms with E-state index in [1.165, 1.54) is 19.2 Å². The first-order chi connectivity index (χ1) is 9.43. The van der Waals surface area contributed by atoms with Crippen LogP contribution in [-0.2, 0) is 16.6 Å². The molecular formula is C14H19FN2O2S. The predicted octanol–water partition coefficient (Wildman–Crippen LogP) is 1.58. The van der Waals surface area contributed by atoms with Crippen molar-refractivity contribution in [2.24, 2.45) is 0 Å². The summed E-state index contributed by atoms with van der Waals surface area (Å²) >= 11 is 0. The lowest BCUT2D eigenvalue weighted by atomic mass is 10.2. The summed E-state index contributed by atoms with van der Waals surface area (Å²) in [6.45, 7) is 3.27. The molecule has 0 unspecified atom stereocenters. The Morgan fingerprint density at radius 1 is 1.45 bits per heavy atom. The minimum Gasteiger partial charge on any atom is -0.313 e. The van der Waals surface area contributed by atoms with Gasteiger partial charge < -0.3 is 5.32 Å². The maximum absolute atomic E-state index is 14.0. The van der Waals surface area contributed by atoms with Crippen LogP contribution < -0.4 is 5.32 Å². The van der Waals surface area contributed by atoms with Gasteiger partial charge in [-0.15, -0.1) is 6.42 Å². The van der Waals surface area contributed by atoms with Gasteiger partial charge in [-0.25, -0.2) is 12.8 Å². The highest BCUT2D eigenvalue weighted by molar-refractivity contribution is 7.89. The molecule has 1 rings (SSSR count). The third-order valence-corrected chi connectivity index (χ3v) is 4.59. The molecule has 110 valence electrons. The maximum atomic E-state index is 14.0. The average molecular weight is 298 g/mol. The third kappa shape index (κ3) is 4.04. The molecule has 0 aliphatic carbocycles. The molecule has 1 aromatic carbocycles. The molecule has 0 heterocycles. The zero-order chi connectivity index (χ0) is 15.2. The van der Waals surface area contributed by atoms with Crippen molar-refractivity contribution >= 4 is 10.0 Å². The molecule has 1 aromatic rings. The molecule has 4 nitrogen and oxygen atoms in total. The number of hydrogen-bond acceptors (Lipinski definition) is 3. The second-order valence-corrected chi connectivity index (χ2v) is 6.42.